The molecule has 0 radical (unpaired) electrons. The summed E-state index contributed by atoms with van der Waals surface area (Å²) < 4.78 is 10.7. The first-order chi connectivity index (χ1) is 15.8. The second-order valence-electron chi connectivity index (χ2n) is 8.66. The molecule has 33 heavy (non-hydrogen) atoms. The smallest absolute Gasteiger partial charge is 0.153 e. The summed E-state index contributed by atoms with van der Waals surface area (Å²) in [5.74, 6) is 1.19. The predicted octanol–water partition coefficient (Wildman–Crippen LogP) is 4.70. The topological polar surface area (TPSA) is 79.6 Å². The fourth-order valence-electron chi connectivity index (χ4n) is 4.17. The van der Waals surface area contributed by atoms with Crippen molar-refractivity contribution in [2.45, 2.75) is 38.5 Å². The normalized spacial score (nSPS) is 12.8. The minimum atomic E-state index is -0.659. The van der Waals surface area contributed by atoms with E-state index in [1.54, 1.807) is 19.2 Å². The van der Waals surface area contributed by atoms with Crippen LogP contribution in [0.4, 0.5) is 0 Å². The molecule has 0 bridgehead atoms. The van der Waals surface area contributed by atoms with Gasteiger partial charge in [-0.25, -0.2) is 0 Å². The molecule has 0 amide bonds. The molecule has 176 valence electrons. The number of rotatable bonds is 13. The molecule has 0 aromatic heterocycles. The summed E-state index contributed by atoms with van der Waals surface area (Å²) in [4.78, 5) is 24.6. The number of hydrogen-bond donors (Lipinski definition) is 0. The van der Waals surface area contributed by atoms with Crippen LogP contribution in [0.25, 0.3) is 0 Å². The Labute approximate surface area is 197 Å². The summed E-state index contributed by atoms with van der Waals surface area (Å²) in [5, 5.41) is 10.2. The molecule has 1 unspecified atom stereocenters. The van der Waals surface area contributed by atoms with Crippen LogP contribution in [-0.4, -0.2) is 51.8 Å². The van der Waals surface area contributed by atoms with E-state index in [0.29, 0.717) is 29.0 Å². The van der Waals surface area contributed by atoms with Gasteiger partial charge in [0.2, 0.25) is 0 Å². The minimum Gasteiger partial charge on any atom is -0.496 e. The van der Waals surface area contributed by atoms with Crippen molar-refractivity contribution in [2.75, 3.05) is 34.4 Å². The zero-order valence-electron chi connectivity index (χ0n) is 20.3. The molecule has 0 aliphatic heterocycles. The number of nitrogens with zero attached hydrogens (tertiary/aromatic N) is 2. The van der Waals surface area contributed by atoms with Gasteiger partial charge in [0.15, 0.2) is 12.6 Å². The van der Waals surface area contributed by atoms with Crippen molar-refractivity contribution in [2.24, 2.45) is 5.92 Å². The van der Waals surface area contributed by atoms with Crippen molar-refractivity contribution < 1.29 is 19.1 Å². The van der Waals surface area contributed by atoms with Crippen LogP contribution in [0.2, 0.25) is 0 Å². The Morgan fingerprint density at radius 2 is 1.61 bits per heavy atom. The van der Waals surface area contributed by atoms with Crippen LogP contribution in [0.1, 0.15) is 58.5 Å². The van der Waals surface area contributed by atoms with Crippen LogP contribution in [0.15, 0.2) is 36.4 Å². The lowest BCUT2D eigenvalue weighted by molar-refractivity contribution is 0.111. The molecule has 0 saturated heterocycles. The summed E-state index contributed by atoms with van der Waals surface area (Å²) in [5.41, 5.74) is 2.36. The molecule has 0 fully saturated rings. The zero-order valence-corrected chi connectivity index (χ0v) is 20.3. The molecule has 0 heterocycles. The number of carbonyl (C=O) groups excluding carboxylic acids is 2. The molecular weight excluding hydrogens is 416 g/mol. The van der Waals surface area contributed by atoms with Crippen molar-refractivity contribution >= 4 is 12.6 Å². The third-order valence-corrected chi connectivity index (χ3v) is 6.38. The summed E-state index contributed by atoms with van der Waals surface area (Å²) in [6.07, 6.45) is 3.96. The number of carbonyl (C=O) groups is 2. The van der Waals surface area contributed by atoms with E-state index in [4.69, 9.17) is 9.47 Å². The van der Waals surface area contributed by atoms with Gasteiger partial charge in [-0.3, -0.25) is 9.59 Å². The highest BCUT2D eigenvalue weighted by Gasteiger charge is 2.36. The van der Waals surface area contributed by atoms with Gasteiger partial charge in [-0.15, -0.1) is 0 Å². The SMILES string of the molecule is COc1cc(CCN(C)CCCC(C#N)(c2ccc(C=O)c(OC)c2)C(C)C)ccc1C=O. The van der Waals surface area contributed by atoms with Crippen LogP contribution in [0.5, 0.6) is 11.5 Å². The van der Waals surface area contributed by atoms with E-state index in [2.05, 4.69) is 31.9 Å². The van der Waals surface area contributed by atoms with Gasteiger partial charge in [0.25, 0.3) is 0 Å². The third-order valence-electron chi connectivity index (χ3n) is 6.38. The molecule has 0 aliphatic carbocycles. The number of likely N-dealkylation sites (N-methyl/N-ethyl adjacent to an activating group) is 1. The Bertz CT molecular complexity index is 996. The predicted molar refractivity (Wildman–Crippen MR) is 129 cm³/mol. The molecular formula is C27H34N2O4. The van der Waals surface area contributed by atoms with E-state index >= 15 is 0 Å². The quantitative estimate of drug-likeness (QED) is 0.412. The Hall–Kier alpha value is -3.17. The molecule has 0 spiro atoms. The Kier molecular flexibility index (Phi) is 9.62. The maximum atomic E-state index is 11.3. The number of nitriles is 1. The highest BCUT2D eigenvalue weighted by molar-refractivity contribution is 5.80. The third kappa shape index (κ3) is 6.21. The van der Waals surface area contributed by atoms with Gasteiger partial charge < -0.3 is 14.4 Å². The Morgan fingerprint density at radius 1 is 1.00 bits per heavy atom. The number of ether oxygens (including phenoxy) is 2. The maximum absolute atomic E-state index is 11.3. The van der Waals surface area contributed by atoms with Crippen LogP contribution >= 0.6 is 0 Å². The number of methoxy groups -OCH3 is 2. The van der Waals surface area contributed by atoms with Crippen molar-refractivity contribution in [3.8, 4) is 17.6 Å². The van der Waals surface area contributed by atoms with Crippen molar-refractivity contribution in [1.82, 2.24) is 4.90 Å². The summed E-state index contributed by atoms with van der Waals surface area (Å²) in [6, 6.07) is 13.6. The zero-order chi connectivity index (χ0) is 24.4. The van der Waals surface area contributed by atoms with Crippen molar-refractivity contribution in [1.29, 1.82) is 5.26 Å². The monoisotopic (exact) mass is 450 g/mol. The molecule has 0 saturated carbocycles. The van der Waals surface area contributed by atoms with E-state index in [9.17, 15) is 14.9 Å². The average molecular weight is 451 g/mol. The van der Waals surface area contributed by atoms with Crippen molar-refractivity contribution in [3.05, 3.63) is 58.7 Å². The Morgan fingerprint density at radius 3 is 2.15 bits per heavy atom. The van der Waals surface area contributed by atoms with Crippen LogP contribution < -0.4 is 9.47 Å². The second kappa shape index (κ2) is 12.2. The second-order valence-corrected chi connectivity index (χ2v) is 8.66. The van der Waals surface area contributed by atoms with Gasteiger partial charge in [-0.2, -0.15) is 5.26 Å². The molecule has 0 N–H and O–H groups in total. The lowest BCUT2D eigenvalue weighted by Gasteiger charge is -2.32. The lowest BCUT2D eigenvalue weighted by atomic mass is 9.69. The van der Waals surface area contributed by atoms with E-state index in [0.717, 1.165) is 49.6 Å². The van der Waals surface area contributed by atoms with Gasteiger partial charge in [-0.1, -0.05) is 26.0 Å². The summed E-state index contributed by atoms with van der Waals surface area (Å²) >= 11 is 0. The number of benzene rings is 2. The molecule has 6 nitrogen and oxygen atoms in total. The molecule has 2 aromatic carbocycles. The first-order valence-electron chi connectivity index (χ1n) is 11.2. The number of hydrogen-bond acceptors (Lipinski definition) is 6. The molecule has 2 aromatic rings. The van der Waals surface area contributed by atoms with Gasteiger partial charge >= 0.3 is 0 Å². The minimum absolute atomic E-state index is 0.100. The largest absolute Gasteiger partial charge is 0.496 e. The van der Waals surface area contributed by atoms with E-state index < -0.39 is 5.41 Å². The van der Waals surface area contributed by atoms with Gasteiger partial charge in [0.1, 0.15) is 11.5 Å². The summed E-state index contributed by atoms with van der Waals surface area (Å²) in [7, 11) is 5.17. The molecule has 6 heteroatoms. The molecule has 0 aliphatic rings. The van der Waals surface area contributed by atoms with E-state index in [-0.39, 0.29) is 5.92 Å². The first kappa shape index (κ1) is 26.1. The first-order valence-corrected chi connectivity index (χ1v) is 11.2. The molecule has 2 rings (SSSR count). The van der Waals surface area contributed by atoms with Crippen LogP contribution in [-0.2, 0) is 11.8 Å². The standard InChI is InChI=1S/C27H34N2O4/c1-20(2)27(19-28,24-10-9-23(18-31)26(16-24)33-5)12-6-13-29(3)14-11-21-7-8-22(17-30)25(15-21)32-4/h7-10,15-18,20H,6,11-14H2,1-5H3. The Balaban J connectivity index is 2.04. The lowest BCUT2D eigenvalue weighted by Crippen LogP contribution is -2.32. The van der Waals surface area contributed by atoms with Gasteiger partial charge in [-0.05, 0) is 74.2 Å². The fraction of sp³-hybridized carbons (Fsp3) is 0.444. The van der Waals surface area contributed by atoms with Crippen molar-refractivity contribution in [3.63, 3.8) is 0 Å². The van der Waals surface area contributed by atoms with Crippen LogP contribution in [0.3, 0.4) is 0 Å². The number of aldehydes is 2. The summed E-state index contributed by atoms with van der Waals surface area (Å²) in [6.45, 7) is 5.82. The average Bonchev–Trinajstić information content (AvgIpc) is 2.84. The highest BCUT2D eigenvalue weighted by atomic mass is 16.5. The fourth-order valence-corrected chi connectivity index (χ4v) is 4.17. The maximum Gasteiger partial charge on any atom is 0.153 e. The highest BCUT2D eigenvalue weighted by Crippen LogP contribution is 2.38. The van der Waals surface area contributed by atoms with Crippen LogP contribution in [0, 0.1) is 17.2 Å². The van der Waals surface area contributed by atoms with Gasteiger partial charge in [0, 0.05) is 6.54 Å². The molecule has 1 atom stereocenters. The van der Waals surface area contributed by atoms with E-state index in [1.165, 1.54) is 7.11 Å². The van der Waals surface area contributed by atoms with Gasteiger partial charge in [0.05, 0.1) is 36.8 Å². The van der Waals surface area contributed by atoms with E-state index in [1.807, 2.05) is 24.3 Å².